The molecule has 1 heterocycles. The smallest absolute Gasteiger partial charge is 0.166 e. The first kappa shape index (κ1) is 14.0. The van der Waals surface area contributed by atoms with E-state index >= 15 is 0 Å². The Kier molecular flexibility index (Phi) is 4.18. The van der Waals surface area contributed by atoms with Crippen LogP contribution in [-0.2, 0) is 0 Å². The zero-order chi connectivity index (χ0) is 14.7. The van der Waals surface area contributed by atoms with Crippen molar-refractivity contribution < 1.29 is 4.74 Å². The Bertz CT molecular complexity index is 773. The summed E-state index contributed by atoms with van der Waals surface area (Å²) in [5, 5.41) is 2.11. The second-order valence-corrected chi connectivity index (χ2v) is 6.02. The Morgan fingerprint density at radius 2 is 1.76 bits per heavy atom. The molecule has 2 nitrogen and oxygen atoms in total. The van der Waals surface area contributed by atoms with Crippen molar-refractivity contribution in [3.8, 4) is 22.7 Å². The van der Waals surface area contributed by atoms with Gasteiger partial charge in [-0.25, -0.2) is 0 Å². The lowest BCUT2D eigenvalue weighted by molar-refractivity contribution is 0.340. The van der Waals surface area contributed by atoms with E-state index < -0.39 is 0 Å². The molecule has 0 saturated carbocycles. The lowest BCUT2D eigenvalue weighted by Crippen LogP contribution is -1.97. The van der Waals surface area contributed by atoms with Crippen LogP contribution in [-0.4, -0.2) is 11.2 Å². The van der Waals surface area contributed by atoms with Gasteiger partial charge in [0.05, 0.1) is 12.3 Å². The first-order chi connectivity index (χ1) is 10.3. The van der Waals surface area contributed by atoms with Gasteiger partial charge in [0.15, 0.2) is 3.95 Å². The molecule has 0 amide bonds. The number of thiazole rings is 1. The summed E-state index contributed by atoms with van der Waals surface area (Å²) < 4.78 is 8.44. The monoisotopic (exact) mass is 313 g/mol. The predicted molar refractivity (Wildman–Crippen MR) is 91.1 cm³/mol. The molecular formula is C17H15NOS2. The quantitative estimate of drug-likeness (QED) is 0.604. The maximum Gasteiger partial charge on any atom is 0.166 e. The predicted octanol–water partition coefficient (Wildman–Crippen LogP) is 5.33. The molecule has 0 aliphatic carbocycles. The van der Waals surface area contributed by atoms with Crippen LogP contribution in [0.1, 0.15) is 6.92 Å². The van der Waals surface area contributed by atoms with Crippen molar-refractivity contribution in [3.63, 3.8) is 0 Å². The first-order valence-electron chi connectivity index (χ1n) is 6.79. The number of benzene rings is 2. The van der Waals surface area contributed by atoms with E-state index in [0.717, 1.165) is 21.1 Å². The average Bonchev–Trinajstić information content (AvgIpc) is 2.91. The van der Waals surface area contributed by atoms with Crippen molar-refractivity contribution in [1.82, 2.24) is 4.57 Å². The Hall–Kier alpha value is -1.91. The number of rotatable bonds is 4. The lowest BCUT2D eigenvalue weighted by Gasteiger charge is -2.10. The van der Waals surface area contributed by atoms with E-state index in [-0.39, 0.29) is 0 Å². The van der Waals surface area contributed by atoms with Crippen molar-refractivity contribution in [3.05, 3.63) is 63.9 Å². The van der Waals surface area contributed by atoms with Crippen molar-refractivity contribution >= 4 is 23.6 Å². The van der Waals surface area contributed by atoms with E-state index in [9.17, 15) is 0 Å². The van der Waals surface area contributed by atoms with Crippen LogP contribution in [0.2, 0.25) is 0 Å². The third kappa shape index (κ3) is 2.91. The molecule has 106 valence electrons. The zero-order valence-corrected chi connectivity index (χ0v) is 13.3. The van der Waals surface area contributed by atoms with E-state index in [0.29, 0.717) is 6.61 Å². The molecule has 0 aliphatic rings. The minimum absolute atomic E-state index is 0.673. The first-order valence-corrected chi connectivity index (χ1v) is 8.07. The molecule has 0 radical (unpaired) electrons. The maximum atomic E-state index is 5.49. The van der Waals surface area contributed by atoms with Gasteiger partial charge in [0.2, 0.25) is 0 Å². The maximum absolute atomic E-state index is 5.49. The van der Waals surface area contributed by atoms with Crippen molar-refractivity contribution in [2.24, 2.45) is 0 Å². The molecule has 3 rings (SSSR count). The van der Waals surface area contributed by atoms with E-state index in [4.69, 9.17) is 17.0 Å². The van der Waals surface area contributed by atoms with Crippen LogP contribution in [0.3, 0.4) is 0 Å². The Balaban J connectivity index is 2.06. The van der Waals surface area contributed by atoms with Gasteiger partial charge >= 0.3 is 0 Å². The Morgan fingerprint density at radius 3 is 2.43 bits per heavy atom. The van der Waals surface area contributed by atoms with Crippen LogP contribution < -0.4 is 4.74 Å². The molecule has 0 fully saturated rings. The van der Waals surface area contributed by atoms with Crippen molar-refractivity contribution in [1.29, 1.82) is 0 Å². The molecular weight excluding hydrogens is 298 g/mol. The fourth-order valence-electron chi connectivity index (χ4n) is 2.22. The fourth-order valence-corrected chi connectivity index (χ4v) is 3.33. The van der Waals surface area contributed by atoms with Crippen LogP contribution in [0.15, 0.2) is 60.0 Å². The average molecular weight is 313 g/mol. The molecule has 4 heteroatoms. The highest BCUT2D eigenvalue weighted by Crippen LogP contribution is 2.28. The molecule has 2 aromatic carbocycles. The van der Waals surface area contributed by atoms with Crippen LogP contribution in [0.5, 0.6) is 5.75 Å². The number of nitrogens with zero attached hydrogens (tertiary/aromatic N) is 1. The Morgan fingerprint density at radius 1 is 1.05 bits per heavy atom. The van der Waals surface area contributed by atoms with Gasteiger partial charge in [-0.2, -0.15) is 0 Å². The van der Waals surface area contributed by atoms with Crippen molar-refractivity contribution in [2.45, 2.75) is 6.92 Å². The Labute approximate surface area is 133 Å². The van der Waals surface area contributed by atoms with Crippen LogP contribution in [0.4, 0.5) is 0 Å². The number of hydrogen-bond donors (Lipinski definition) is 0. The summed E-state index contributed by atoms with van der Waals surface area (Å²) in [5.74, 6) is 0.879. The van der Waals surface area contributed by atoms with Gasteiger partial charge in [-0.05, 0) is 49.0 Å². The van der Waals surface area contributed by atoms with Crippen molar-refractivity contribution in [2.75, 3.05) is 6.61 Å². The highest BCUT2D eigenvalue weighted by molar-refractivity contribution is 7.73. The molecule has 0 saturated heterocycles. The summed E-state index contributed by atoms with van der Waals surface area (Å²) in [7, 11) is 0. The van der Waals surface area contributed by atoms with Crippen LogP contribution >= 0.6 is 23.6 Å². The van der Waals surface area contributed by atoms with Gasteiger partial charge in [0.1, 0.15) is 5.75 Å². The molecule has 0 spiro atoms. The van der Waals surface area contributed by atoms with E-state index in [1.807, 2.05) is 49.4 Å². The largest absolute Gasteiger partial charge is 0.494 e. The molecule has 0 aliphatic heterocycles. The molecule has 0 unspecified atom stereocenters. The summed E-state index contributed by atoms with van der Waals surface area (Å²) in [6.45, 7) is 2.66. The van der Waals surface area contributed by atoms with Crippen LogP contribution in [0, 0.1) is 3.95 Å². The second kappa shape index (κ2) is 6.24. The molecule has 0 bridgehead atoms. The highest BCUT2D eigenvalue weighted by atomic mass is 32.1. The third-order valence-corrected chi connectivity index (χ3v) is 4.37. The highest BCUT2D eigenvalue weighted by Gasteiger charge is 2.08. The van der Waals surface area contributed by atoms with Gasteiger partial charge < -0.3 is 4.74 Å². The topological polar surface area (TPSA) is 14.2 Å². The fraction of sp³-hybridized carbons (Fsp3) is 0.118. The zero-order valence-electron chi connectivity index (χ0n) is 11.7. The van der Waals surface area contributed by atoms with E-state index in [1.165, 1.54) is 5.56 Å². The lowest BCUT2D eigenvalue weighted by atomic mass is 10.1. The van der Waals surface area contributed by atoms with Gasteiger partial charge in [-0.1, -0.05) is 30.3 Å². The minimum Gasteiger partial charge on any atom is -0.494 e. The van der Waals surface area contributed by atoms with Crippen LogP contribution in [0.25, 0.3) is 16.9 Å². The van der Waals surface area contributed by atoms with E-state index in [1.54, 1.807) is 11.3 Å². The molecule has 1 aromatic heterocycles. The molecule has 21 heavy (non-hydrogen) atoms. The van der Waals surface area contributed by atoms with Gasteiger partial charge in [-0.15, -0.1) is 11.3 Å². The van der Waals surface area contributed by atoms with Gasteiger partial charge in [0, 0.05) is 11.1 Å². The second-order valence-electron chi connectivity index (χ2n) is 4.52. The molecule has 0 N–H and O–H groups in total. The van der Waals surface area contributed by atoms with Gasteiger partial charge in [-0.3, -0.25) is 4.57 Å². The summed E-state index contributed by atoms with van der Waals surface area (Å²) in [6.07, 6.45) is 0. The third-order valence-electron chi connectivity index (χ3n) is 3.17. The standard InChI is InChI=1S/C17H15NOS2/c1-2-19-15-10-8-14(9-11-15)18-16(12-21-17(18)20)13-6-4-3-5-7-13/h3-12H,2H2,1H3. The number of aromatic nitrogens is 1. The summed E-state index contributed by atoms with van der Waals surface area (Å²) in [4.78, 5) is 0. The molecule has 3 aromatic rings. The van der Waals surface area contributed by atoms with E-state index in [2.05, 4.69) is 22.1 Å². The molecule has 0 atom stereocenters. The van der Waals surface area contributed by atoms with Gasteiger partial charge in [0.25, 0.3) is 0 Å². The summed E-state index contributed by atoms with van der Waals surface area (Å²) >= 11 is 7.07. The normalized spacial score (nSPS) is 10.5. The number of hydrogen-bond acceptors (Lipinski definition) is 3. The minimum atomic E-state index is 0.673. The SMILES string of the molecule is CCOc1ccc(-n2c(-c3ccccc3)csc2=S)cc1. The number of ether oxygens (including phenoxy) is 1. The summed E-state index contributed by atoms with van der Waals surface area (Å²) in [5.41, 5.74) is 3.34. The summed E-state index contributed by atoms with van der Waals surface area (Å²) in [6, 6.07) is 18.3.